The summed E-state index contributed by atoms with van der Waals surface area (Å²) in [5.41, 5.74) is 0.424. The summed E-state index contributed by atoms with van der Waals surface area (Å²) in [5.74, 6) is -4.43. The first-order valence-corrected chi connectivity index (χ1v) is 6.91. The third-order valence-electron chi connectivity index (χ3n) is 3.44. The van der Waals surface area contributed by atoms with Gasteiger partial charge in [-0.05, 0) is 12.1 Å². The van der Waals surface area contributed by atoms with Gasteiger partial charge in [0, 0.05) is 19.7 Å². The Balaban J connectivity index is 2.08. The van der Waals surface area contributed by atoms with Crippen LogP contribution >= 0.6 is 0 Å². The van der Waals surface area contributed by atoms with Crippen LogP contribution in [0.15, 0.2) is 24.5 Å². The zero-order valence-electron chi connectivity index (χ0n) is 12.8. The summed E-state index contributed by atoms with van der Waals surface area (Å²) >= 11 is 0. The minimum absolute atomic E-state index is 0.0120. The molecule has 0 N–H and O–H groups in total. The number of nitrogens with zero attached hydrogens (tertiary/aromatic N) is 5. The Kier molecular flexibility index (Phi) is 3.92. The molecule has 1 amide bonds. The molecule has 6 nitrogen and oxygen atoms in total. The fraction of sp³-hybridized carbons (Fsp3) is 0.200. The van der Waals surface area contributed by atoms with E-state index in [4.69, 9.17) is 0 Å². The van der Waals surface area contributed by atoms with Gasteiger partial charge in [0.2, 0.25) is 5.91 Å². The van der Waals surface area contributed by atoms with Gasteiger partial charge in [0.05, 0.1) is 18.1 Å². The van der Waals surface area contributed by atoms with Crippen molar-refractivity contribution in [2.24, 2.45) is 0 Å². The molecule has 2 heterocycles. The number of likely N-dealkylation sites (N-methyl/N-ethyl adjacent to an activating group) is 1. The Morgan fingerprint density at radius 2 is 1.92 bits per heavy atom. The smallest absolute Gasteiger partial charge is 0.243 e. The van der Waals surface area contributed by atoms with Crippen LogP contribution in [0.2, 0.25) is 0 Å². The van der Waals surface area contributed by atoms with Gasteiger partial charge in [0.15, 0.2) is 23.1 Å². The number of carbonyl (C=O) groups excluding carboxylic acids is 1. The van der Waals surface area contributed by atoms with Gasteiger partial charge in [-0.3, -0.25) is 4.79 Å². The van der Waals surface area contributed by atoms with Crippen molar-refractivity contribution >= 4 is 17.1 Å². The lowest BCUT2D eigenvalue weighted by Crippen LogP contribution is -2.26. The van der Waals surface area contributed by atoms with Crippen LogP contribution in [-0.4, -0.2) is 44.7 Å². The molecule has 3 aromatic rings. The second-order valence-corrected chi connectivity index (χ2v) is 5.28. The summed E-state index contributed by atoms with van der Waals surface area (Å²) in [6.07, 6.45) is 2.65. The maximum absolute atomic E-state index is 13.9. The number of amides is 1. The monoisotopic (exact) mass is 335 g/mol. The van der Waals surface area contributed by atoms with Crippen LogP contribution in [0.25, 0.3) is 22.4 Å². The molecule has 0 atom stereocenters. The molecule has 0 saturated heterocycles. The number of benzene rings is 1. The van der Waals surface area contributed by atoms with E-state index in [1.165, 1.54) is 22.0 Å². The summed E-state index contributed by atoms with van der Waals surface area (Å²) in [6, 6.07) is 1.89. The molecular formula is C15H12F3N5O. The Bertz CT molecular complexity index is 938. The molecule has 0 radical (unpaired) electrons. The number of hydrogen-bond donors (Lipinski definition) is 0. The molecule has 0 aliphatic rings. The highest BCUT2D eigenvalue weighted by atomic mass is 19.2. The van der Waals surface area contributed by atoms with E-state index in [-0.39, 0.29) is 29.4 Å². The molecule has 0 saturated carbocycles. The average molecular weight is 335 g/mol. The summed E-state index contributed by atoms with van der Waals surface area (Å²) < 4.78 is 41.7. The van der Waals surface area contributed by atoms with Crippen LogP contribution in [0.1, 0.15) is 0 Å². The van der Waals surface area contributed by atoms with Crippen LogP contribution in [0, 0.1) is 17.5 Å². The molecule has 0 fully saturated rings. The van der Waals surface area contributed by atoms with Gasteiger partial charge in [-0.1, -0.05) is 0 Å². The first-order valence-electron chi connectivity index (χ1n) is 6.91. The van der Waals surface area contributed by atoms with Gasteiger partial charge in [-0.2, -0.15) is 5.10 Å². The quantitative estimate of drug-likeness (QED) is 0.687. The number of fused-ring (bicyclic) bond motifs is 1. The third kappa shape index (κ3) is 2.68. The van der Waals surface area contributed by atoms with Gasteiger partial charge in [0.25, 0.3) is 0 Å². The molecule has 24 heavy (non-hydrogen) atoms. The van der Waals surface area contributed by atoms with Crippen molar-refractivity contribution in [3.63, 3.8) is 0 Å². The molecule has 9 heteroatoms. The van der Waals surface area contributed by atoms with Crippen LogP contribution < -0.4 is 0 Å². The van der Waals surface area contributed by atoms with E-state index < -0.39 is 17.5 Å². The van der Waals surface area contributed by atoms with E-state index in [1.54, 1.807) is 14.1 Å². The highest BCUT2D eigenvalue weighted by molar-refractivity contribution is 5.79. The standard InChI is InChI=1S/C15H12F3N5O/c1-22(2)12(24)7-23-15-11(6-20-23)19-5-10(21-15)8-3-4-9(16)14(18)13(8)17/h3-6H,7H2,1-2H3. The highest BCUT2D eigenvalue weighted by Gasteiger charge is 2.18. The van der Waals surface area contributed by atoms with Crippen LogP contribution in [0.4, 0.5) is 13.2 Å². The van der Waals surface area contributed by atoms with Gasteiger partial charge in [0.1, 0.15) is 12.1 Å². The van der Waals surface area contributed by atoms with E-state index >= 15 is 0 Å². The second kappa shape index (κ2) is 5.91. The Hall–Kier alpha value is -2.97. The van der Waals surface area contributed by atoms with Crippen LogP contribution in [0.3, 0.4) is 0 Å². The van der Waals surface area contributed by atoms with Crippen molar-refractivity contribution in [2.45, 2.75) is 6.54 Å². The molecule has 1 aromatic carbocycles. The molecule has 0 aliphatic carbocycles. The van der Waals surface area contributed by atoms with Gasteiger partial charge in [-0.15, -0.1) is 0 Å². The number of rotatable bonds is 3. The van der Waals surface area contributed by atoms with Crippen molar-refractivity contribution in [1.82, 2.24) is 24.6 Å². The van der Waals surface area contributed by atoms with Crippen LogP contribution in [-0.2, 0) is 11.3 Å². The molecule has 3 rings (SSSR count). The number of halogens is 3. The summed E-state index contributed by atoms with van der Waals surface area (Å²) in [4.78, 5) is 21.5. The Morgan fingerprint density at radius 1 is 1.17 bits per heavy atom. The lowest BCUT2D eigenvalue weighted by atomic mass is 10.1. The fourth-order valence-corrected chi connectivity index (χ4v) is 2.09. The molecule has 124 valence electrons. The minimum Gasteiger partial charge on any atom is -0.347 e. The highest BCUT2D eigenvalue weighted by Crippen LogP contribution is 2.25. The van der Waals surface area contributed by atoms with E-state index in [2.05, 4.69) is 15.1 Å². The molecule has 0 unspecified atom stereocenters. The molecular weight excluding hydrogens is 323 g/mol. The third-order valence-corrected chi connectivity index (χ3v) is 3.44. The van der Waals surface area contributed by atoms with Crippen molar-refractivity contribution in [1.29, 1.82) is 0 Å². The average Bonchev–Trinajstić information content (AvgIpc) is 2.95. The predicted molar refractivity (Wildman–Crippen MR) is 79.3 cm³/mol. The first-order chi connectivity index (χ1) is 11.4. The normalized spacial score (nSPS) is 11.0. The van der Waals surface area contributed by atoms with Crippen molar-refractivity contribution in [2.75, 3.05) is 14.1 Å². The van der Waals surface area contributed by atoms with Crippen LogP contribution in [0.5, 0.6) is 0 Å². The molecule has 0 aliphatic heterocycles. The SMILES string of the molecule is CN(C)C(=O)Cn1ncc2ncc(-c3ccc(F)c(F)c3F)nc21. The number of carbonyl (C=O) groups is 1. The van der Waals surface area contributed by atoms with E-state index in [1.807, 2.05) is 0 Å². The Labute approximate surface area is 134 Å². The largest absolute Gasteiger partial charge is 0.347 e. The van der Waals surface area contributed by atoms with Crippen molar-refractivity contribution in [3.05, 3.63) is 42.0 Å². The fourth-order valence-electron chi connectivity index (χ4n) is 2.09. The van der Waals surface area contributed by atoms with E-state index in [9.17, 15) is 18.0 Å². The predicted octanol–water partition coefficient (Wildman–Crippen LogP) is 2.00. The minimum atomic E-state index is -1.58. The summed E-state index contributed by atoms with van der Waals surface area (Å²) in [5, 5.41) is 4.02. The van der Waals surface area contributed by atoms with Gasteiger partial charge in [-0.25, -0.2) is 27.8 Å². The van der Waals surface area contributed by atoms with Gasteiger partial charge >= 0.3 is 0 Å². The lowest BCUT2D eigenvalue weighted by molar-refractivity contribution is -0.129. The maximum atomic E-state index is 13.9. The lowest BCUT2D eigenvalue weighted by Gasteiger charge is -2.10. The molecule has 2 aromatic heterocycles. The molecule has 0 spiro atoms. The summed E-state index contributed by atoms with van der Waals surface area (Å²) in [6.45, 7) is -0.0745. The zero-order chi connectivity index (χ0) is 17.4. The summed E-state index contributed by atoms with van der Waals surface area (Å²) in [7, 11) is 3.20. The van der Waals surface area contributed by atoms with Crippen molar-refractivity contribution in [3.8, 4) is 11.3 Å². The topological polar surface area (TPSA) is 63.9 Å². The Morgan fingerprint density at radius 3 is 2.62 bits per heavy atom. The zero-order valence-corrected chi connectivity index (χ0v) is 12.8. The number of aromatic nitrogens is 4. The number of hydrogen-bond acceptors (Lipinski definition) is 4. The van der Waals surface area contributed by atoms with Gasteiger partial charge < -0.3 is 4.90 Å². The van der Waals surface area contributed by atoms with Crippen molar-refractivity contribution < 1.29 is 18.0 Å². The second-order valence-electron chi connectivity index (χ2n) is 5.28. The van der Waals surface area contributed by atoms with E-state index in [0.717, 1.165) is 12.1 Å². The first kappa shape index (κ1) is 15.9. The molecule has 0 bridgehead atoms. The maximum Gasteiger partial charge on any atom is 0.243 e. The van der Waals surface area contributed by atoms with E-state index in [0.29, 0.717) is 5.52 Å².